The maximum Gasteiger partial charge on any atom is 0.0779 e. The van der Waals surface area contributed by atoms with Gasteiger partial charge in [-0.15, -0.1) is 0 Å². The molecule has 0 aliphatic carbocycles. The zero-order chi connectivity index (χ0) is 11.1. The first-order valence-corrected chi connectivity index (χ1v) is 5.63. The minimum Gasteiger partial charge on any atom is -0.351 e. The Labute approximate surface area is 92.1 Å². The van der Waals surface area contributed by atoms with Gasteiger partial charge in [0.1, 0.15) is 0 Å². The molecular weight excluding hydrogens is 184 g/mol. The molecule has 2 heteroatoms. The Morgan fingerprint density at radius 2 is 1.93 bits per heavy atom. The Hall–Kier alpha value is -1.02. The van der Waals surface area contributed by atoms with Gasteiger partial charge in [0.05, 0.1) is 6.17 Å². The third-order valence-corrected chi connectivity index (χ3v) is 3.01. The van der Waals surface area contributed by atoms with Gasteiger partial charge in [0, 0.05) is 11.2 Å². The summed E-state index contributed by atoms with van der Waals surface area (Å²) in [6.07, 6.45) is 2.30. The standard InChI is InChI=1S/C13H20N2/c1-13(2,3)15-11-7-5-4-6-10(11)8-9-12(15)14/h4-7,12H,8-9,14H2,1-3H3. The van der Waals surface area contributed by atoms with E-state index in [-0.39, 0.29) is 11.7 Å². The van der Waals surface area contributed by atoms with Crippen LogP contribution in [0.5, 0.6) is 0 Å². The quantitative estimate of drug-likeness (QED) is 0.703. The van der Waals surface area contributed by atoms with Crippen molar-refractivity contribution in [2.75, 3.05) is 4.90 Å². The van der Waals surface area contributed by atoms with Gasteiger partial charge in [-0.2, -0.15) is 0 Å². The third kappa shape index (κ3) is 1.86. The smallest absolute Gasteiger partial charge is 0.0779 e. The van der Waals surface area contributed by atoms with E-state index in [9.17, 15) is 0 Å². The molecule has 0 amide bonds. The monoisotopic (exact) mass is 204 g/mol. The molecule has 1 aliphatic heterocycles. The number of aryl methyl sites for hydroxylation is 1. The first kappa shape index (κ1) is 10.5. The van der Waals surface area contributed by atoms with E-state index >= 15 is 0 Å². The molecule has 2 N–H and O–H groups in total. The van der Waals surface area contributed by atoms with Crippen molar-refractivity contribution < 1.29 is 0 Å². The topological polar surface area (TPSA) is 29.3 Å². The average molecular weight is 204 g/mol. The van der Waals surface area contributed by atoms with Crippen molar-refractivity contribution in [1.29, 1.82) is 0 Å². The predicted molar refractivity (Wildman–Crippen MR) is 65.0 cm³/mol. The number of rotatable bonds is 0. The fourth-order valence-corrected chi connectivity index (χ4v) is 2.43. The second kappa shape index (κ2) is 3.53. The minimum absolute atomic E-state index is 0.0932. The summed E-state index contributed by atoms with van der Waals surface area (Å²) in [6, 6.07) is 8.59. The summed E-state index contributed by atoms with van der Waals surface area (Å²) in [4.78, 5) is 2.34. The van der Waals surface area contributed by atoms with Gasteiger partial charge in [-0.25, -0.2) is 0 Å². The highest BCUT2D eigenvalue weighted by molar-refractivity contribution is 5.57. The molecule has 2 nitrogen and oxygen atoms in total. The minimum atomic E-state index is 0.0932. The van der Waals surface area contributed by atoms with Gasteiger partial charge in [0.2, 0.25) is 0 Å². The lowest BCUT2D eigenvalue weighted by atomic mass is 9.94. The van der Waals surface area contributed by atoms with E-state index in [1.54, 1.807) is 0 Å². The fraction of sp³-hybridized carbons (Fsp3) is 0.538. The number of hydrogen-bond acceptors (Lipinski definition) is 2. The van der Waals surface area contributed by atoms with Crippen LogP contribution in [0.4, 0.5) is 5.69 Å². The highest BCUT2D eigenvalue weighted by atomic mass is 15.3. The number of fused-ring (bicyclic) bond motifs is 1. The zero-order valence-corrected chi connectivity index (χ0v) is 9.83. The van der Waals surface area contributed by atoms with E-state index in [4.69, 9.17) is 5.73 Å². The van der Waals surface area contributed by atoms with E-state index < -0.39 is 0 Å². The molecule has 0 aromatic heterocycles. The summed E-state index contributed by atoms with van der Waals surface area (Å²) < 4.78 is 0. The Morgan fingerprint density at radius 3 is 2.60 bits per heavy atom. The average Bonchev–Trinajstić information content (AvgIpc) is 2.15. The summed E-state index contributed by atoms with van der Waals surface area (Å²) in [5.74, 6) is 0. The van der Waals surface area contributed by atoms with Crippen molar-refractivity contribution in [2.45, 2.75) is 45.3 Å². The molecular formula is C13H20N2. The molecule has 0 fully saturated rings. The van der Waals surface area contributed by atoms with E-state index in [1.165, 1.54) is 11.3 Å². The van der Waals surface area contributed by atoms with Crippen LogP contribution in [0.15, 0.2) is 24.3 Å². The maximum atomic E-state index is 6.21. The first-order chi connectivity index (χ1) is 7.00. The van der Waals surface area contributed by atoms with Gasteiger partial charge < -0.3 is 10.6 Å². The van der Waals surface area contributed by atoms with Crippen molar-refractivity contribution in [3.8, 4) is 0 Å². The Bertz CT molecular complexity index is 352. The number of para-hydroxylation sites is 1. The Morgan fingerprint density at radius 1 is 1.27 bits per heavy atom. The van der Waals surface area contributed by atoms with E-state index in [0.717, 1.165) is 12.8 Å². The number of nitrogens with two attached hydrogens (primary N) is 1. The number of anilines is 1. The highest BCUT2D eigenvalue weighted by Gasteiger charge is 2.31. The molecule has 0 spiro atoms. The molecule has 15 heavy (non-hydrogen) atoms. The van der Waals surface area contributed by atoms with E-state index in [1.807, 2.05) is 0 Å². The van der Waals surface area contributed by atoms with Crippen molar-refractivity contribution in [3.05, 3.63) is 29.8 Å². The van der Waals surface area contributed by atoms with Gasteiger partial charge in [-0.3, -0.25) is 0 Å². The van der Waals surface area contributed by atoms with Gasteiger partial charge in [-0.1, -0.05) is 18.2 Å². The molecule has 0 saturated heterocycles. The molecule has 82 valence electrons. The zero-order valence-electron chi connectivity index (χ0n) is 9.83. The second-order valence-electron chi connectivity index (χ2n) is 5.28. The molecule has 0 bridgehead atoms. The molecule has 1 atom stereocenters. The number of nitrogens with zero attached hydrogens (tertiary/aromatic N) is 1. The second-order valence-corrected chi connectivity index (χ2v) is 5.28. The van der Waals surface area contributed by atoms with Crippen LogP contribution in [0.2, 0.25) is 0 Å². The van der Waals surface area contributed by atoms with Crippen LogP contribution < -0.4 is 10.6 Å². The molecule has 2 rings (SSSR count). The SMILES string of the molecule is CC(C)(C)N1c2ccccc2CCC1N. The molecule has 1 unspecified atom stereocenters. The molecule has 0 saturated carbocycles. The van der Waals surface area contributed by atoms with Crippen LogP contribution in [0.1, 0.15) is 32.8 Å². The maximum absolute atomic E-state index is 6.21. The lowest BCUT2D eigenvalue weighted by Crippen LogP contribution is -2.54. The summed E-state index contributed by atoms with van der Waals surface area (Å²) in [5.41, 5.74) is 9.03. The largest absolute Gasteiger partial charge is 0.351 e. The van der Waals surface area contributed by atoms with E-state index in [0.29, 0.717) is 0 Å². The molecule has 1 aromatic rings. The van der Waals surface area contributed by atoms with E-state index in [2.05, 4.69) is 49.9 Å². The summed E-state index contributed by atoms with van der Waals surface area (Å²) in [5, 5.41) is 0. The Kier molecular flexibility index (Phi) is 2.47. The van der Waals surface area contributed by atoms with Crippen molar-refractivity contribution in [2.24, 2.45) is 5.73 Å². The normalized spacial score (nSPS) is 21.3. The highest BCUT2D eigenvalue weighted by Crippen LogP contribution is 2.34. The Balaban J connectivity index is 2.46. The first-order valence-electron chi connectivity index (χ1n) is 5.63. The predicted octanol–water partition coefficient (Wildman–Crippen LogP) is 2.52. The summed E-state index contributed by atoms with van der Waals surface area (Å²) >= 11 is 0. The summed E-state index contributed by atoms with van der Waals surface area (Å²) in [6.45, 7) is 6.65. The molecule has 0 radical (unpaired) electrons. The number of benzene rings is 1. The van der Waals surface area contributed by atoms with Crippen LogP contribution in [-0.2, 0) is 6.42 Å². The van der Waals surface area contributed by atoms with Crippen molar-refractivity contribution in [1.82, 2.24) is 0 Å². The van der Waals surface area contributed by atoms with Crippen molar-refractivity contribution >= 4 is 5.69 Å². The van der Waals surface area contributed by atoms with Crippen molar-refractivity contribution in [3.63, 3.8) is 0 Å². The van der Waals surface area contributed by atoms with Gasteiger partial charge in [0.25, 0.3) is 0 Å². The van der Waals surface area contributed by atoms with Gasteiger partial charge in [0.15, 0.2) is 0 Å². The molecule has 1 aliphatic rings. The van der Waals surface area contributed by atoms with Crippen LogP contribution in [0, 0.1) is 0 Å². The van der Waals surface area contributed by atoms with Gasteiger partial charge in [-0.05, 0) is 45.2 Å². The molecule has 1 aromatic carbocycles. The lowest BCUT2D eigenvalue weighted by molar-refractivity contribution is 0.412. The van der Waals surface area contributed by atoms with Gasteiger partial charge >= 0.3 is 0 Å². The molecule has 1 heterocycles. The van der Waals surface area contributed by atoms with Crippen LogP contribution >= 0.6 is 0 Å². The summed E-state index contributed by atoms with van der Waals surface area (Å²) in [7, 11) is 0. The van der Waals surface area contributed by atoms with Crippen LogP contribution in [0.25, 0.3) is 0 Å². The fourth-order valence-electron chi connectivity index (χ4n) is 2.43. The van der Waals surface area contributed by atoms with Crippen LogP contribution in [-0.4, -0.2) is 11.7 Å². The lowest BCUT2D eigenvalue weighted by Gasteiger charge is -2.45. The van der Waals surface area contributed by atoms with Crippen LogP contribution in [0.3, 0.4) is 0 Å². The number of hydrogen-bond donors (Lipinski definition) is 1. The third-order valence-electron chi connectivity index (χ3n) is 3.01.